The molecule has 2 aromatic carbocycles. The molecule has 104 valence electrons. The summed E-state index contributed by atoms with van der Waals surface area (Å²) in [5.74, 6) is -0.0784. The van der Waals surface area contributed by atoms with Crippen LogP contribution in [0.3, 0.4) is 0 Å². The van der Waals surface area contributed by atoms with Gasteiger partial charge in [0.25, 0.3) is 5.91 Å². The van der Waals surface area contributed by atoms with Crippen LogP contribution in [-0.2, 0) is 0 Å². The molecule has 0 bridgehead atoms. The Labute approximate surface area is 117 Å². The fourth-order valence-electron chi connectivity index (χ4n) is 2.04. The van der Waals surface area contributed by atoms with Crippen molar-refractivity contribution in [2.45, 2.75) is 19.4 Å². The van der Waals surface area contributed by atoms with Gasteiger partial charge < -0.3 is 16.3 Å². The van der Waals surface area contributed by atoms with Crippen molar-refractivity contribution < 1.29 is 10.0 Å². The topological polar surface area (TPSA) is 87.7 Å². The highest BCUT2D eigenvalue weighted by Gasteiger charge is 2.11. The minimum Gasteiger partial charge on any atom is -0.409 e. The van der Waals surface area contributed by atoms with E-state index in [1.165, 1.54) is 0 Å². The molecule has 1 atom stereocenters. The van der Waals surface area contributed by atoms with Crippen LogP contribution in [0, 0.1) is 0 Å². The first kappa shape index (κ1) is 13.9. The number of nitrogens with zero attached hydrogens (tertiary/aromatic N) is 1. The molecule has 2 aromatic rings. The van der Waals surface area contributed by atoms with E-state index in [1.807, 2.05) is 36.4 Å². The van der Waals surface area contributed by atoms with Crippen LogP contribution < -0.4 is 11.1 Å². The molecule has 0 aliphatic heterocycles. The number of fused-ring (bicyclic) bond motifs is 1. The van der Waals surface area contributed by atoms with Crippen LogP contribution in [0.15, 0.2) is 47.6 Å². The van der Waals surface area contributed by atoms with Gasteiger partial charge in [0.05, 0.1) is 0 Å². The Morgan fingerprint density at radius 2 is 2.00 bits per heavy atom. The van der Waals surface area contributed by atoms with Crippen LogP contribution in [0.1, 0.15) is 23.7 Å². The van der Waals surface area contributed by atoms with Crippen LogP contribution in [0.2, 0.25) is 0 Å². The van der Waals surface area contributed by atoms with Gasteiger partial charge in [0.2, 0.25) is 0 Å². The first-order valence-corrected chi connectivity index (χ1v) is 6.36. The highest BCUT2D eigenvalue weighted by Crippen LogP contribution is 2.15. The minimum absolute atomic E-state index is 0.0938. The first-order chi connectivity index (χ1) is 9.60. The number of oxime groups is 1. The summed E-state index contributed by atoms with van der Waals surface area (Å²) in [6.45, 7) is 1.80. The maximum absolute atomic E-state index is 12.1. The molecule has 0 aromatic heterocycles. The van der Waals surface area contributed by atoms with Crippen molar-refractivity contribution >= 4 is 22.5 Å². The molecule has 0 saturated carbocycles. The molecule has 0 aliphatic rings. The fraction of sp³-hybridized carbons (Fsp3) is 0.200. The zero-order chi connectivity index (χ0) is 14.5. The van der Waals surface area contributed by atoms with E-state index in [2.05, 4.69) is 10.5 Å². The summed E-state index contributed by atoms with van der Waals surface area (Å²) in [5.41, 5.74) is 6.00. The number of benzene rings is 2. The smallest absolute Gasteiger partial charge is 0.251 e. The number of hydrogen-bond donors (Lipinski definition) is 3. The maximum atomic E-state index is 12.1. The average molecular weight is 271 g/mol. The molecule has 0 saturated heterocycles. The molecule has 5 nitrogen and oxygen atoms in total. The molecule has 20 heavy (non-hydrogen) atoms. The number of carbonyl (C=O) groups is 1. The number of rotatable bonds is 4. The van der Waals surface area contributed by atoms with Gasteiger partial charge in [-0.2, -0.15) is 0 Å². The Bertz CT molecular complexity index is 652. The van der Waals surface area contributed by atoms with E-state index in [9.17, 15) is 4.79 Å². The van der Waals surface area contributed by atoms with E-state index >= 15 is 0 Å². The van der Waals surface area contributed by atoms with Crippen molar-refractivity contribution in [2.24, 2.45) is 10.9 Å². The molecule has 4 N–H and O–H groups in total. The number of nitrogens with two attached hydrogens (primary N) is 1. The molecular weight excluding hydrogens is 254 g/mol. The summed E-state index contributed by atoms with van der Waals surface area (Å²) in [4.78, 5) is 12.1. The molecular formula is C15H17N3O2. The molecule has 0 heterocycles. The molecule has 1 amide bonds. The quantitative estimate of drug-likeness (QED) is 0.344. The third-order valence-corrected chi connectivity index (χ3v) is 3.03. The lowest BCUT2D eigenvalue weighted by Crippen LogP contribution is -2.35. The summed E-state index contributed by atoms with van der Waals surface area (Å²) in [6, 6.07) is 13.2. The van der Waals surface area contributed by atoms with E-state index in [-0.39, 0.29) is 17.8 Å². The highest BCUT2D eigenvalue weighted by molar-refractivity contribution is 5.98. The Morgan fingerprint density at radius 1 is 1.30 bits per heavy atom. The first-order valence-electron chi connectivity index (χ1n) is 6.36. The number of nitrogens with one attached hydrogen (secondary N) is 1. The Morgan fingerprint density at radius 3 is 2.70 bits per heavy atom. The summed E-state index contributed by atoms with van der Waals surface area (Å²) < 4.78 is 0. The predicted molar refractivity (Wildman–Crippen MR) is 78.9 cm³/mol. The second-order valence-corrected chi connectivity index (χ2v) is 4.73. The lowest BCUT2D eigenvalue weighted by atomic mass is 10.1. The molecule has 0 aliphatic carbocycles. The third-order valence-electron chi connectivity index (χ3n) is 3.03. The Balaban J connectivity index is 2.11. The molecule has 1 unspecified atom stereocenters. The van der Waals surface area contributed by atoms with E-state index in [0.29, 0.717) is 12.0 Å². The van der Waals surface area contributed by atoms with Crippen molar-refractivity contribution in [1.82, 2.24) is 5.32 Å². The summed E-state index contributed by atoms with van der Waals surface area (Å²) in [7, 11) is 0. The number of carbonyl (C=O) groups excluding carboxylic acids is 1. The number of hydrogen-bond acceptors (Lipinski definition) is 3. The van der Waals surface area contributed by atoms with Crippen LogP contribution in [-0.4, -0.2) is 23.0 Å². The van der Waals surface area contributed by atoms with Crippen LogP contribution in [0.5, 0.6) is 0 Å². The van der Waals surface area contributed by atoms with Crippen LogP contribution in [0.25, 0.3) is 10.8 Å². The summed E-state index contributed by atoms with van der Waals surface area (Å²) in [5, 5.41) is 16.3. The van der Waals surface area contributed by atoms with Crippen molar-refractivity contribution in [2.75, 3.05) is 0 Å². The van der Waals surface area contributed by atoms with Crippen molar-refractivity contribution in [3.05, 3.63) is 48.0 Å². The van der Waals surface area contributed by atoms with Crippen LogP contribution >= 0.6 is 0 Å². The van der Waals surface area contributed by atoms with Gasteiger partial charge >= 0.3 is 0 Å². The number of amides is 1. The Kier molecular flexibility index (Phi) is 4.20. The fourth-order valence-corrected chi connectivity index (χ4v) is 2.04. The Hall–Kier alpha value is -2.56. The lowest BCUT2D eigenvalue weighted by Gasteiger charge is -2.13. The van der Waals surface area contributed by atoms with E-state index in [4.69, 9.17) is 10.9 Å². The van der Waals surface area contributed by atoms with E-state index < -0.39 is 0 Å². The molecule has 0 spiro atoms. The van der Waals surface area contributed by atoms with Crippen molar-refractivity contribution in [3.63, 3.8) is 0 Å². The van der Waals surface area contributed by atoms with Crippen molar-refractivity contribution in [3.8, 4) is 0 Å². The standard InChI is InChI=1S/C15H17N3O2/c1-10(8-14(16)18-20)17-15(19)13-7-6-11-4-2-3-5-12(11)9-13/h2-7,9-10,20H,8H2,1H3,(H2,16,18)(H,17,19). The van der Waals surface area contributed by atoms with Crippen molar-refractivity contribution in [1.29, 1.82) is 0 Å². The van der Waals surface area contributed by atoms with Gasteiger partial charge in [-0.05, 0) is 29.8 Å². The SMILES string of the molecule is CC(CC(N)=NO)NC(=O)c1ccc2ccccc2c1. The second-order valence-electron chi connectivity index (χ2n) is 4.73. The van der Waals surface area contributed by atoms with E-state index in [1.54, 1.807) is 13.0 Å². The van der Waals surface area contributed by atoms with Gasteiger partial charge in [-0.1, -0.05) is 35.5 Å². The summed E-state index contributed by atoms with van der Waals surface area (Å²) in [6.07, 6.45) is 0.301. The summed E-state index contributed by atoms with van der Waals surface area (Å²) >= 11 is 0. The van der Waals surface area contributed by atoms with Gasteiger partial charge in [0.15, 0.2) is 0 Å². The highest BCUT2D eigenvalue weighted by atomic mass is 16.4. The molecule has 0 fully saturated rings. The third kappa shape index (κ3) is 3.26. The van der Waals surface area contributed by atoms with Gasteiger partial charge in [0, 0.05) is 18.0 Å². The van der Waals surface area contributed by atoms with Crippen LogP contribution in [0.4, 0.5) is 0 Å². The molecule has 2 rings (SSSR count). The molecule has 0 radical (unpaired) electrons. The van der Waals surface area contributed by atoms with Gasteiger partial charge in [-0.15, -0.1) is 0 Å². The maximum Gasteiger partial charge on any atom is 0.251 e. The average Bonchev–Trinajstić information content (AvgIpc) is 2.46. The zero-order valence-corrected chi connectivity index (χ0v) is 11.2. The minimum atomic E-state index is -0.204. The zero-order valence-electron chi connectivity index (χ0n) is 11.2. The predicted octanol–water partition coefficient (Wildman–Crippen LogP) is 2.09. The largest absolute Gasteiger partial charge is 0.409 e. The molecule has 5 heteroatoms. The second kappa shape index (κ2) is 6.06. The van der Waals surface area contributed by atoms with Gasteiger partial charge in [0.1, 0.15) is 5.84 Å². The van der Waals surface area contributed by atoms with E-state index in [0.717, 1.165) is 10.8 Å². The number of amidine groups is 1. The normalized spacial score (nSPS) is 13.2. The monoisotopic (exact) mass is 271 g/mol. The van der Waals surface area contributed by atoms with Gasteiger partial charge in [-0.3, -0.25) is 4.79 Å². The van der Waals surface area contributed by atoms with Gasteiger partial charge in [-0.25, -0.2) is 0 Å². The lowest BCUT2D eigenvalue weighted by molar-refractivity contribution is 0.0941.